The van der Waals surface area contributed by atoms with E-state index in [1.807, 2.05) is 49.9 Å². The van der Waals surface area contributed by atoms with Crippen LogP contribution >= 0.6 is 11.8 Å². The smallest absolute Gasteiger partial charge is 0.253 e. The van der Waals surface area contributed by atoms with E-state index >= 15 is 0 Å². The van der Waals surface area contributed by atoms with Crippen LogP contribution in [0.15, 0.2) is 29.3 Å². The van der Waals surface area contributed by atoms with Crippen LogP contribution in [-0.4, -0.2) is 54.3 Å². The number of carbonyl (C=O) groups excluding carboxylic acids is 1. The van der Waals surface area contributed by atoms with E-state index in [1.165, 1.54) is 11.8 Å². The molecule has 2 atom stereocenters. The molecule has 2 fully saturated rings. The number of thioether (sulfide) groups is 1. The van der Waals surface area contributed by atoms with Crippen molar-refractivity contribution in [1.29, 1.82) is 0 Å². The average Bonchev–Trinajstić information content (AvgIpc) is 3.00. The third-order valence-electron chi connectivity index (χ3n) is 4.53. The lowest BCUT2D eigenvalue weighted by atomic mass is 9.96. The van der Waals surface area contributed by atoms with Crippen molar-refractivity contribution < 1.29 is 17.9 Å². The van der Waals surface area contributed by atoms with Crippen molar-refractivity contribution in [3.63, 3.8) is 0 Å². The van der Waals surface area contributed by atoms with Crippen LogP contribution in [0.5, 0.6) is 5.75 Å². The Labute approximate surface area is 158 Å². The van der Waals surface area contributed by atoms with Crippen LogP contribution in [0.2, 0.25) is 0 Å². The number of amides is 1. The molecule has 0 N–H and O–H groups in total. The second kappa shape index (κ2) is 6.88. The summed E-state index contributed by atoms with van der Waals surface area (Å²) in [4.78, 5) is 18.7. The molecular formula is C18H24N2O4S2. The molecule has 0 radical (unpaired) electrons. The van der Waals surface area contributed by atoms with Crippen molar-refractivity contribution in [2.45, 2.75) is 38.6 Å². The molecule has 8 heteroatoms. The molecule has 0 unspecified atom stereocenters. The first-order valence-corrected chi connectivity index (χ1v) is 11.2. The molecule has 0 aromatic heterocycles. The van der Waals surface area contributed by atoms with E-state index in [-0.39, 0.29) is 28.7 Å². The summed E-state index contributed by atoms with van der Waals surface area (Å²) in [5.74, 6) is 0.832. The lowest BCUT2D eigenvalue weighted by Crippen LogP contribution is -2.37. The number of methoxy groups -OCH3 is 1. The molecule has 6 nitrogen and oxygen atoms in total. The van der Waals surface area contributed by atoms with E-state index in [4.69, 9.17) is 4.74 Å². The van der Waals surface area contributed by atoms with Gasteiger partial charge >= 0.3 is 0 Å². The van der Waals surface area contributed by atoms with E-state index in [9.17, 15) is 13.2 Å². The molecule has 26 heavy (non-hydrogen) atoms. The van der Waals surface area contributed by atoms with Crippen LogP contribution in [0, 0.1) is 5.41 Å². The number of carbonyl (C=O) groups is 1. The molecule has 2 saturated heterocycles. The van der Waals surface area contributed by atoms with Gasteiger partial charge in [0.05, 0.1) is 24.7 Å². The zero-order chi connectivity index (χ0) is 19.1. The van der Waals surface area contributed by atoms with Gasteiger partial charge in [-0.3, -0.25) is 4.79 Å². The zero-order valence-electron chi connectivity index (χ0n) is 15.4. The van der Waals surface area contributed by atoms with E-state index in [0.717, 1.165) is 11.3 Å². The van der Waals surface area contributed by atoms with Crippen molar-refractivity contribution in [3.8, 4) is 5.75 Å². The first kappa shape index (κ1) is 19.2. The number of rotatable bonds is 3. The predicted octanol–water partition coefficient (Wildman–Crippen LogP) is 2.34. The van der Waals surface area contributed by atoms with Gasteiger partial charge in [0.25, 0.3) is 5.91 Å². The second-order valence-electron chi connectivity index (χ2n) is 7.73. The van der Waals surface area contributed by atoms with Crippen molar-refractivity contribution >= 4 is 32.7 Å². The molecule has 0 bridgehead atoms. The van der Waals surface area contributed by atoms with E-state index in [2.05, 4.69) is 4.99 Å². The van der Waals surface area contributed by atoms with Crippen molar-refractivity contribution in [2.24, 2.45) is 10.4 Å². The predicted molar refractivity (Wildman–Crippen MR) is 104 cm³/mol. The Morgan fingerprint density at radius 3 is 2.50 bits per heavy atom. The summed E-state index contributed by atoms with van der Waals surface area (Å²) in [5, 5.41) is 0.565. The van der Waals surface area contributed by atoms with Gasteiger partial charge in [-0.05, 0) is 17.7 Å². The Morgan fingerprint density at radius 1 is 1.27 bits per heavy atom. The summed E-state index contributed by atoms with van der Waals surface area (Å²) >= 11 is 1.41. The second-order valence-corrected chi connectivity index (χ2v) is 11.1. The van der Waals surface area contributed by atoms with E-state index in [1.54, 1.807) is 7.11 Å². The molecule has 142 valence electrons. The number of nitrogens with zero attached hydrogens (tertiary/aromatic N) is 2. The van der Waals surface area contributed by atoms with Gasteiger partial charge in [0.1, 0.15) is 5.75 Å². The highest BCUT2D eigenvalue weighted by molar-refractivity contribution is 8.15. The Balaban J connectivity index is 1.89. The summed E-state index contributed by atoms with van der Waals surface area (Å²) < 4.78 is 29.3. The fourth-order valence-electron chi connectivity index (χ4n) is 3.00. The minimum atomic E-state index is -3.04. The number of aliphatic imine (C=N–C) groups is 1. The summed E-state index contributed by atoms with van der Waals surface area (Å²) in [5.41, 5.74) is 0.454. The Kier molecular flexibility index (Phi) is 5.09. The first-order chi connectivity index (χ1) is 12.1. The van der Waals surface area contributed by atoms with Gasteiger partial charge in [-0.2, -0.15) is 4.99 Å². The Hall–Kier alpha value is -1.54. The first-order valence-electron chi connectivity index (χ1n) is 8.49. The van der Waals surface area contributed by atoms with Gasteiger partial charge in [-0.25, -0.2) is 8.42 Å². The number of amidine groups is 1. The van der Waals surface area contributed by atoms with Crippen molar-refractivity contribution in [1.82, 2.24) is 4.90 Å². The molecule has 3 rings (SSSR count). The van der Waals surface area contributed by atoms with Crippen molar-refractivity contribution in [2.75, 3.05) is 18.6 Å². The molecule has 2 heterocycles. The van der Waals surface area contributed by atoms with Crippen molar-refractivity contribution in [3.05, 3.63) is 29.8 Å². The summed E-state index contributed by atoms with van der Waals surface area (Å²) in [6.45, 7) is 6.01. The number of fused-ring (bicyclic) bond motifs is 1. The molecule has 0 saturated carbocycles. The lowest BCUT2D eigenvalue weighted by molar-refractivity contribution is -0.124. The van der Waals surface area contributed by atoms with E-state index in [0.29, 0.717) is 11.7 Å². The Bertz CT molecular complexity index is 826. The number of ether oxygens (including phenoxy) is 1. The van der Waals surface area contributed by atoms with Crippen LogP contribution in [0.1, 0.15) is 26.3 Å². The van der Waals surface area contributed by atoms with Gasteiger partial charge in [-0.1, -0.05) is 44.7 Å². The molecule has 2 aliphatic rings. The van der Waals surface area contributed by atoms with Gasteiger partial charge in [0.2, 0.25) is 0 Å². The van der Waals surface area contributed by atoms with Gasteiger partial charge < -0.3 is 9.64 Å². The molecule has 1 aromatic carbocycles. The van der Waals surface area contributed by atoms with Gasteiger partial charge in [0, 0.05) is 17.2 Å². The average molecular weight is 397 g/mol. The maximum Gasteiger partial charge on any atom is 0.253 e. The number of hydrogen-bond donors (Lipinski definition) is 0. The largest absolute Gasteiger partial charge is 0.497 e. The summed E-state index contributed by atoms with van der Waals surface area (Å²) in [6, 6.07) is 7.50. The van der Waals surface area contributed by atoms with Crippen LogP contribution < -0.4 is 4.74 Å². The summed E-state index contributed by atoms with van der Waals surface area (Å²) in [7, 11) is -1.43. The molecule has 1 aromatic rings. The minimum Gasteiger partial charge on any atom is -0.497 e. The fourth-order valence-corrected chi connectivity index (χ4v) is 6.95. The highest BCUT2D eigenvalue weighted by Gasteiger charge is 2.48. The maximum atomic E-state index is 12.4. The molecule has 1 amide bonds. The SMILES string of the molecule is COc1ccc(CN2C(=NC(=O)C(C)(C)C)S[C@@H]3CS(=O)(=O)C[C@@H]32)cc1. The zero-order valence-corrected chi connectivity index (χ0v) is 17.1. The van der Waals surface area contributed by atoms with E-state index < -0.39 is 15.3 Å². The number of benzene rings is 1. The highest BCUT2D eigenvalue weighted by atomic mass is 32.2. The molecule has 2 aliphatic heterocycles. The molecule has 0 aliphatic carbocycles. The summed E-state index contributed by atoms with van der Waals surface area (Å²) in [6.07, 6.45) is 0. The van der Waals surface area contributed by atoms with Gasteiger partial charge in [0.15, 0.2) is 15.0 Å². The fraction of sp³-hybridized carbons (Fsp3) is 0.556. The van der Waals surface area contributed by atoms with Crippen LogP contribution in [0.3, 0.4) is 0 Å². The minimum absolute atomic E-state index is 0.0650. The molecule has 0 spiro atoms. The monoisotopic (exact) mass is 396 g/mol. The highest BCUT2D eigenvalue weighted by Crippen LogP contribution is 2.39. The quantitative estimate of drug-likeness (QED) is 0.781. The number of hydrogen-bond acceptors (Lipinski definition) is 5. The van der Waals surface area contributed by atoms with Gasteiger partial charge in [-0.15, -0.1) is 0 Å². The lowest BCUT2D eigenvalue weighted by Gasteiger charge is -2.25. The van der Waals surface area contributed by atoms with Crippen LogP contribution in [0.25, 0.3) is 0 Å². The van der Waals surface area contributed by atoms with Crippen LogP contribution in [-0.2, 0) is 21.2 Å². The molecular weight excluding hydrogens is 372 g/mol. The van der Waals surface area contributed by atoms with Crippen LogP contribution in [0.4, 0.5) is 0 Å². The Morgan fingerprint density at radius 2 is 1.92 bits per heavy atom. The third kappa shape index (κ3) is 4.06. The normalized spacial score (nSPS) is 26.2. The third-order valence-corrected chi connectivity index (χ3v) is 7.77. The standard InChI is InChI=1S/C18H24N2O4S2/c1-18(2,3)16(21)19-17-20(9-12-5-7-13(24-4)8-6-12)14-10-26(22,23)11-15(14)25-17/h5-8,14-15H,9-11H2,1-4H3/t14-,15+/m0/s1. The topological polar surface area (TPSA) is 76.0 Å². The maximum absolute atomic E-state index is 12.4. The number of sulfone groups is 1.